The number of hydrogen-bond donors (Lipinski definition) is 1. The van der Waals surface area contributed by atoms with Crippen molar-refractivity contribution in [3.05, 3.63) is 57.4 Å². The summed E-state index contributed by atoms with van der Waals surface area (Å²) in [4.78, 5) is 16.5. The SMILES string of the molecule is CCCn1c(O)c(C=Nc2ccccc2)c(C)c(C#N)c1=O. The second kappa shape index (κ2) is 6.72. The standard InChI is InChI=1S/C17H17N3O2/c1-3-9-20-16(21)14(10-18)12(2)15(17(20)22)11-19-13-7-5-4-6-8-13/h4-8,11,22H,3,9H2,1-2H3. The van der Waals surface area contributed by atoms with Gasteiger partial charge in [0.15, 0.2) is 0 Å². The second-order valence-electron chi connectivity index (χ2n) is 4.90. The Morgan fingerprint density at radius 1 is 1.36 bits per heavy atom. The Hall–Kier alpha value is -2.87. The highest BCUT2D eigenvalue weighted by Crippen LogP contribution is 2.21. The highest BCUT2D eigenvalue weighted by molar-refractivity contribution is 5.87. The minimum atomic E-state index is -0.462. The summed E-state index contributed by atoms with van der Waals surface area (Å²) in [5.74, 6) is -0.150. The number of benzene rings is 1. The molecular formula is C17H17N3O2. The summed E-state index contributed by atoms with van der Waals surface area (Å²) >= 11 is 0. The molecule has 0 amide bonds. The lowest BCUT2D eigenvalue weighted by molar-refractivity contribution is 0.403. The van der Waals surface area contributed by atoms with Crippen molar-refractivity contribution in [1.82, 2.24) is 4.57 Å². The van der Waals surface area contributed by atoms with Crippen LogP contribution in [-0.2, 0) is 6.54 Å². The molecule has 0 aliphatic carbocycles. The van der Waals surface area contributed by atoms with E-state index in [9.17, 15) is 15.2 Å². The summed E-state index contributed by atoms with van der Waals surface area (Å²) in [5, 5.41) is 19.5. The maximum Gasteiger partial charge on any atom is 0.271 e. The lowest BCUT2D eigenvalue weighted by Gasteiger charge is -2.13. The van der Waals surface area contributed by atoms with Crippen LogP contribution in [0.2, 0.25) is 0 Å². The number of hydrogen-bond acceptors (Lipinski definition) is 4. The lowest BCUT2D eigenvalue weighted by Crippen LogP contribution is -2.25. The number of para-hydroxylation sites is 1. The Kier molecular flexibility index (Phi) is 4.74. The largest absolute Gasteiger partial charge is 0.494 e. The van der Waals surface area contributed by atoms with Gasteiger partial charge in [-0.1, -0.05) is 25.1 Å². The summed E-state index contributed by atoms with van der Waals surface area (Å²) in [6.07, 6.45) is 2.17. The van der Waals surface area contributed by atoms with Crippen molar-refractivity contribution >= 4 is 11.9 Å². The fraction of sp³-hybridized carbons (Fsp3) is 0.235. The van der Waals surface area contributed by atoms with Crippen molar-refractivity contribution in [3.8, 4) is 11.9 Å². The van der Waals surface area contributed by atoms with E-state index in [-0.39, 0.29) is 11.4 Å². The molecule has 22 heavy (non-hydrogen) atoms. The molecule has 0 unspecified atom stereocenters. The predicted molar refractivity (Wildman–Crippen MR) is 85.8 cm³/mol. The van der Waals surface area contributed by atoms with Gasteiger partial charge in [-0.2, -0.15) is 5.26 Å². The number of rotatable bonds is 4. The fourth-order valence-electron chi connectivity index (χ4n) is 2.21. The van der Waals surface area contributed by atoms with Gasteiger partial charge >= 0.3 is 0 Å². The van der Waals surface area contributed by atoms with E-state index in [0.717, 1.165) is 5.69 Å². The van der Waals surface area contributed by atoms with Crippen LogP contribution >= 0.6 is 0 Å². The van der Waals surface area contributed by atoms with Crippen LogP contribution in [0.1, 0.15) is 30.0 Å². The van der Waals surface area contributed by atoms with Crippen molar-refractivity contribution < 1.29 is 5.11 Å². The molecule has 0 saturated carbocycles. The molecule has 2 aromatic rings. The molecule has 1 heterocycles. The van der Waals surface area contributed by atoms with Gasteiger partial charge in [-0.25, -0.2) is 0 Å². The van der Waals surface area contributed by atoms with Crippen molar-refractivity contribution in [3.63, 3.8) is 0 Å². The van der Waals surface area contributed by atoms with Crippen molar-refractivity contribution in [2.75, 3.05) is 0 Å². The third kappa shape index (κ3) is 2.91. The molecule has 0 radical (unpaired) electrons. The van der Waals surface area contributed by atoms with Crippen LogP contribution in [0.25, 0.3) is 0 Å². The number of aliphatic imine (C=N–C) groups is 1. The first-order valence-corrected chi connectivity index (χ1v) is 7.05. The molecule has 2 rings (SSSR count). The summed E-state index contributed by atoms with van der Waals surface area (Å²) in [7, 11) is 0. The molecule has 0 bridgehead atoms. The van der Waals surface area contributed by atoms with E-state index in [1.165, 1.54) is 10.8 Å². The Balaban J connectivity index is 2.61. The van der Waals surface area contributed by atoms with Crippen molar-refractivity contribution in [1.29, 1.82) is 5.26 Å². The zero-order chi connectivity index (χ0) is 16.1. The third-order valence-electron chi connectivity index (χ3n) is 3.39. The van der Waals surface area contributed by atoms with Crippen molar-refractivity contribution in [2.24, 2.45) is 4.99 Å². The normalized spacial score (nSPS) is 10.8. The lowest BCUT2D eigenvalue weighted by atomic mass is 10.1. The highest BCUT2D eigenvalue weighted by Gasteiger charge is 2.17. The minimum Gasteiger partial charge on any atom is -0.494 e. The van der Waals surface area contributed by atoms with Crippen LogP contribution in [-0.4, -0.2) is 15.9 Å². The molecule has 5 heteroatoms. The van der Waals surface area contributed by atoms with Crippen LogP contribution in [0.5, 0.6) is 5.88 Å². The van der Waals surface area contributed by atoms with E-state index in [1.54, 1.807) is 6.92 Å². The molecule has 1 aromatic heterocycles. The van der Waals surface area contributed by atoms with E-state index in [4.69, 9.17) is 0 Å². The quantitative estimate of drug-likeness (QED) is 0.881. The Morgan fingerprint density at radius 2 is 2.05 bits per heavy atom. The van der Waals surface area contributed by atoms with Crippen LogP contribution in [0.4, 0.5) is 5.69 Å². The number of pyridine rings is 1. The van der Waals surface area contributed by atoms with Gasteiger partial charge in [0.2, 0.25) is 5.88 Å². The molecule has 1 aromatic carbocycles. The highest BCUT2D eigenvalue weighted by atomic mass is 16.3. The Labute approximate surface area is 128 Å². The van der Waals surface area contributed by atoms with Crippen LogP contribution < -0.4 is 5.56 Å². The topological polar surface area (TPSA) is 78.4 Å². The molecule has 0 aliphatic rings. The monoisotopic (exact) mass is 295 g/mol. The maximum atomic E-state index is 12.2. The molecule has 112 valence electrons. The number of nitriles is 1. The summed E-state index contributed by atoms with van der Waals surface area (Å²) in [6.45, 7) is 3.89. The van der Waals surface area contributed by atoms with Crippen LogP contribution in [0.3, 0.4) is 0 Å². The Bertz CT molecular complexity index is 799. The molecule has 0 fully saturated rings. The number of aromatic hydroxyl groups is 1. The fourth-order valence-corrected chi connectivity index (χ4v) is 2.21. The van der Waals surface area contributed by atoms with E-state index in [1.807, 2.05) is 43.3 Å². The van der Waals surface area contributed by atoms with Gasteiger partial charge in [-0.15, -0.1) is 0 Å². The van der Waals surface area contributed by atoms with E-state index in [2.05, 4.69) is 4.99 Å². The zero-order valence-corrected chi connectivity index (χ0v) is 12.6. The average Bonchev–Trinajstić information content (AvgIpc) is 2.53. The Morgan fingerprint density at radius 3 is 2.64 bits per heavy atom. The molecule has 5 nitrogen and oxygen atoms in total. The number of aromatic nitrogens is 1. The summed E-state index contributed by atoms with van der Waals surface area (Å²) < 4.78 is 1.22. The first-order valence-electron chi connectivity index (χ1n) is 7.05. The zero-order valence-electron chi connectivity index (χ0n) is 12.6. The first-order chi connectivity index (χ1) is 10.6. The van der Waals surface area contributed by atoms with Gasteiger partial charge in [0.05, 0.1) is 11.3 Å². The van der Waals surface area contributed by atoms with Gasteiger partial charge in [-0.05, 0) is 31.0 Å². The van der Waals surface area contributed by atoms with E-state index in [0.29, 0.717) is 24.1 Å². The maximum absolute atomic E-state index is 12.2. The van der Waals surface area contributed by atoms with E-state index < -0.39 is 5.56 Å². The van der Waals surface area contributed by atoms with Gasteiger partial charge in [0.25, 0.3) is 5.56 Å². The second-order valence-corrected chi connectivity index (χ2v) is 4.90. The molecular weight excluding hydrogens is 278 g/mol. The third-order valence-corrected chi connectivity index (χ3v) is 3.39. The molecule has 0 spiro atoms. The molecule has 0 atom stereocenters. The van der Waals surface area contributed by atoms with Crippen molar-refractivity contribution in [2.45, 2.75) is 26.8 Å². The average molecular weight is 295 g/mol. The molecule has 0 aliphatic heterocycles. The van der Waals surface area contributed by atoms with Crippen LogP contribution in [0, 0.1) is 18.3 Å². The van der Waals surface area contributed by atoms with Gasteiger partial charge in [0, 0.05) is 12.8 Å². The van der Waals surface area contributed by atoms with Gasteiger partial charge in [0.1, 0.15) is 11.6 Å². The van der Waals surface area contributed by atoms with E-state index >= 15 is 0 Å². The first kappa shape index (κ1) is 15.5. The van der Waals surface area contributed by atoms with Crippen LogP contribution in [0.15, 0.2) is 40.1 Å². The van der Waals surface area contributed by atoms with Gasteiger partial charge in [-0.3, -0.25) is 14.4 Å². The van der Waals surface area contributed by atoms with Gasteiger partial charge < -0.3 is 5.11 Å². The minimum absolute atomic E-state index is 0.0424. The molecule has 1 N–H and O–H groups in total. The summed E-state index contributed by atoms with van der Waals surface area (Å²) in [6, 6.07) is 11.2. The molecule has 0 saturated heterocycles. The summed E-state index contributed by atoms with van der Waals surface area (Å²) in [5.41, 5.74) is 1.15. The predicted octanol–water partition coefficient (Wildman–Crippen LogP) is 2.89. The number of nitrogens with zero attached hydrogens (tertiary/aromatic N) is 3. The smallest absolute Gasteiger partial charge is 0.271 e.